The van der Waals surface area contributed by atoms with Crippen LogP contribution in [0, 0.1) is 0 Å². The lowest BCUT2D eigenvalue weighted by atomic mass is 9.99. The number of hydrogen-bond acceptors (Lipinski definition) is 2. The van der Waals surface area contributed by atoms with Gasteiger partial charge in [-0.3, -0.25) is 4.98 Å². The van der Waals surface area contributed by atoms with E-state index in [0.717, 1.165) is 33.8 Å². The second-order valence-corrected chi connectivity index (χ2v) is 6.46. The molecule has 2 aromatic rings. The summed E-state index contributed by atoms with van der Waals surface area (Å²) in [6.07, 6.45) is 9.67. The number of fused-ring (bicyclic) bond motifs is 1. The van der Waals surface area contributed by atoms with Crippen molar-refractivity contribution in [3.05, 3.63) is 40.5 Å². The van der Waals surface area contributed by atoms with E-state index in [9.17, 15) is 5.11 Å². The van der Waals surface area contributed by atoms with Crippen LogP contribution in [0.1, 0.15) is 63.5 Å². The molecule has 21 heavy (non-hydrogen) atoms. The summed E-state index contributed by atoms with van der Waals surface area (Å²) in [4.78, 5) is 4.44. The van der Waals surface area contributed by atoms with Crippen molar-refractivity contribution in [2.45, 2.75) is 58.0 Å². The summed E-state index contributed by atoms with van der Waals surface area (Å²) in [6.45, 7) is 2.23. The average molecular weight is 350 g/mol. The quantitative estimate of drug-likeness (QED) is 0.612. The molecule has 0 aliphatic heterocycles. The molecule has 0 aliphatic carbocycles. The SMILES string of the molecule is CCCCCCCCC(O)c1ccc(Br)c2cccnc12. The Hall–Kier alpha value is -0.930. The van der Waals surface area contributed by atoms with Crippen molar-refractivity contribution in [2.24, 2.45) is 0 Å². The first kappa shape index (κ1) is 16.4. The Balaban J connectivity index is 1.97. The van der Waals surface area contributed by atoms with E-state index in [4.69, 9.17) is 0 Å². The summed E-state index contributed by atoms with van der Waals surface area (Å²) < 4.78 is 1.03. The molecule has 1 unspecified atom stereocenters. The van der Waals surface area contributed by atoms with Gasteiger partial charge in [0, 0.05) is 21.6 Å². The molecule has 1 N–H and O–H groups in total. The third kappa shape index (κ3) is 4.52. The van der Waals surface area contributed by atoms with E-state index in [1.54, 1.807) is 6.20 Å². The van der Waals surface area contributed by atoms with E-state index >= 15 is 0 Å². The van der Waals surface area contributed by atoms with Crippen molar-refractivity contribution in [1.82, 2.24) is 4.98 Å². The molecule has 3 heteroatoms. The van der Waals surface area contributed by atoms with Gasteiger partial charge in [-0.15, -0.1) is 0 Å². The van der Waals surface area contributed by atoms with Gasteiger partial charge >= 0.3 is 0 Å². The predicted molar refractivity (Wildman–Crippen MR) is 92.4 cm³/mol. The lowest BCUT2D eigenvalue weighted by Gasteiger charge is -2.14. The normalized spacial score (nSPS) is 12.7. The fourth-order valence-electron chi connectivity index (χ4n) is 2.70. The van der Waals surface area contributed by atoms with Crippen LogP contribution >= 0.6 is 15.9 Å². The zero-order chi connectivity index (χ0) is 15.1. The zero-order valence-electron chi connectivity index (χ0n) is 12.7. The Morgan fingerprint density at radius 3 is 2.67 bits per heavy atom. The van der Waals surface area contributed by atoms with Crippen LogP contribution < -0.4 is 0 Å². The van der Waals surface area contributed by atoms with Gasteiger partial charge in [-0.25, -0.2) is 0 Å². The maximum atomic E-state index is 10.5. The molecule has 0 saturated carbocycles. The Morgan fingerprint density at radius 2 is 1.86 bits per heavy atom. The fourth-order valence-corrected chi connectivity index (χ4v) is 3.15. The van der Waals surface area contributed by atoms with E-state index in [-0.39, 0.29) is 0 Å². The van der Waals surface area contributed by atoms with E-state index in [0.29, 0.717) is 0 Å². The van der Waals surface area contributed by atoms with Crippen LogP contribution in [0.5, 0.6) is 0 Å². The number of nitrogens with zero attached hydrogens (tertiary/aromatic N) is 1. The van der Waals surface area contributed by atoms with Gasteiger partial charge in [-0.1, -0.05) is 73.5 Å². The third-order valence-electron chi connectivity index (χ3n) is 3.94. The van der Waals surface area contributed by atoms with Crippen molar-refractivity contribution in [3.63, 3.8) is 0 Å². The largest absolute Gasteiger partial charge is 0.388 e. The highest BCUT2D eigenvalue weighted by molar-refractivity contribution is 9.10. The van der Waals surface area contributed by atoms with Gasteiger partial charge in [0.15, 0.2) is 0 Å². The molecule has 0 saturated heterocycles. The van der Waals surface area contributed by atoms with Gasteiger partial charge in [-0.2, -0.15) is 0 Å². The summed E-state index contributed by atoms with van der Waals surface area (Å²) in [5.41, 5.74) is 1.85. The number of halogens is 1. The summed E-state index contributed by atoms with van der Waals surface area (Å²) >= 11 is 3.55. The lowest BCUT2D eigenvalue weighted by molar-refractivity contribution is 0.164. The van der Waals surface area contributed by atoms with Crippen LogP contribution in [0.2, 0.25) is 0 Å². The third-order valence-corrected chi connectivity index (χ3v) is 4.63. The van der Waals surface area contributed by atoms with Crippen LogP contribution in [-0.4, -0.2) is 10.1 Å². The Labute approximate surface area is 135 Å². The molecule has 1 aromatic carbocycles. The summed E-state index contributed by atoms with van der Waals surface area (Å²) in [6, 6.07) is 7.95. The van der Waals surface area contributed by atoms with Crippen LogP contribution in [0.15, 0.2) is 34.9 Å². The second kappa shape index (κ2) is 8.50. The second-order valence-electron chi connectivity index (χ2n) is 5.61. The minimum Gasteiger partial charge on any atom is -0.388 e. The summed E-state index contributed by atoms with van der Waals surface area (Å²) in [5.74, 6) is 0. The maximum absolute atomic E-state index is 10.5. The molecule has 0 bridgehead atoms. The van der Waals surface area contributed by atoms with Crippen LogP contribution in [-0.2, 0) is 0 Å². The highest BCUT2D eigenvalue weighted by Gasteiger charge is 2.13. The molecule has 0 spiro atoms. The number of pyridine rings is 1. The molecule has 0 radical (unpaired) electrons. The molecule has 0 amide bonds. The highest BCUT2D eigenvalue weighted by atomic mass is 79.9. The van der Waals surface area contributed by atoms with Gasteiger partial charge in [-0.05, 0) is 18.6 Å². The van der Waals surface area contributed by atoms with Gasteiger partial charge in [0.05, 0.1) is 11.6 Å². The summed E-state index contributed by atoms with van der Waals surface area (Å²) in [5, 5.41) is 11.5. The first-order chi connectivity index (χ1) is 10.2. The van der Waals surface area contributed by atoms with Gasteiger partial charge in [0.1, 0.15) is 0 Å². The average Bonchev–Trinajstić information content (AvgIpc) is 2.51. The number of unbranched alkanes of at least 4 members (excludes halogenated alkanes) is 5. The first-order valence-electron chi connectivity index (χ1n) is 7.95. The van der Waals surface area contributed by atoms with E-state index in [1.165, 1.54) is 32.1 Å². The molecule has 2 nitrogen and oxygen atoms in total. The maximum Gasteiger partial charge on any atom is 0.0811 e. The van der Waals surface area contributed by atoms with Gasteiger partial charge in [0.2, 0.25) is 0 Å². The predicted octanol–water partition coefficient (Wildman–Crippen LogP) is 5.78. The van der Waals surface area contributed by atoms with Crippen LogP contribution in [0.4, 0.5) is 0 Å². The Bertz CT molecular complexity index is 570. The highest BCUT2D eigenvalue weighted by Crippen LogP contribution is 2.30. The van der Waals surface area contributed by atoms with Crippen molar-refractivity contribution < 1.29 is 5.11 Å². The minimum absolute atomic E-state index is 0.415. The molecular weight excluding hydrogens is 326 g/mol. The number of aliphatic hydroxyl groups excluding tert-OH is 1. The van der Waals surface area contributed by atoms with Crippen molar-refractivity contribution in [1.29, 1.82) is 0 Å². The summed E-state index contributed by atoms with van der Waals surface area (Å²) in [7, 11) is 0. The smallest absolute Gasteiger partial charge is 0.0811 e. The van der Waals surface area contributed by atoms with Gasteiger partial charge in [0.25, 0.3) is 0 Å². The molecule has 0 fully saturated rings. The Kier molecular flexibility index (Phi) is 6.65. The van der Waals surface area contributed by atoms with E-state index in [2.05, 4.69) is 27.8 Å². The first-order valence-corrected chi connectivity index (χ1v) is 8.74. The van der Waals surface area contributed by atoms with Crippen molar-refractivity contribution in [2.75, 3.05) is 0 Å². The van der Waals surface area contributed by atoms with Crippen molar-refractivity contribution in [3.8, 4) is 0 Å². The van der Waals surface area contributed by atoms with Crippen LogP contribution in [0.3, 0.4) is 0 Å². The van der Waals surface area contributed by atoms with E-state index in [1.807, 2.05) is 24.3 Å². The van der Waals surface area contributed by atoms with E-state index < -0.39 is 6.10 Å². The number of hydrogen-bond donors (Lipinski definition) is 1. The standard InChI is InChI=1S/C18H24BrNO/c1-2-3-4-5-6-7-10-17(21)15-11-12-16(19)14-9-8-13-20-18(14)15/h8-9,11-13,17,21H,2-7,10H2,1H3. The molecule has 0 aliphatic rings. The minimum atomic E-state index is -0.415. The molecule has 1 atom stereocenters. The lowest BCUT2D eigenvalue weighted by Crippen LogP contribution is -2.00. The number of aromatic nitrogens is 1. The molecule has 2 rings (SSSR count). The number of benzene rings is 1. The fraction of sp³-hybridized carbons (Fsp3) is 0.500. The number of rotatable bonds is 8. The Morgan fingerprint density at radius 1 is 1.10 bits per heavy atom. The molecular formula is C18H24BrNO. The van der Waals surface area contributed by atoms with Crippen LogP contribution in [0.25, 0.3) is 10.9 Å². The molecule has 114 valence electrons. The monoisotopic (exact) mass is 349 g/mol. The molecule has 1 aromatic heterocycles. The zero-order valence-corrected chi connectivity index (χ0v) is 14.3. The number of aliphatic hydroxyl groups is 1. The molecule has 1 heterocycles. The van der Waals surface area contributed by atoms with Crippen molar-refractivity contribution >= 4 is 26.8 Å². The topological polar surface area (TPSA) is 33.1 Å². The van der Waals surface area contributed by atoms with Gasteiger partial charge < -0.3 is 5.11 Å².